The van der Waals surface area contributed by atoms with E-state index < -0.39 is 5.60 Å². The van der Waals surface area contributed by atoms with Crippen LogP contribution in [0.5, 0.6) is 0 Å². The summed E-state index contributed by atoms with van der Waals surface area (Å²) >= 11 is 1.36. The van der Waals surface area contributed by atoms with E-state index in [2.05, 4.69) is 4.90 Å². The van der Waals surface area contributed by atoms with E-state index in [0.29, 0.717) is 17.2 Å². The molecule has 19 heavy (non-hydrogen) atoms. The first-order chi connectivity index (χ1) is 8.93. The smallest absolute Gasteiger partial charge is 0.350 e. The lowest BCUT2D eigenvalue weighted by Gasteiger charge is -2.36. The van der Waals surface area contributed by atoms with Crippen LogP contribution < -0.4 is 10.6 Å². The number of nitrogens with zero attached hydrogens (tertiary/aromatic N) is 1. The Labute approximate surface area is 117 Å². The number of esters is 1. The topological polar surface area (TPSA) is 75.8 Å². The van der Waals surface area contributed by atoms with Gasteiger partial charge in [-0.15, -0.1) is 11.3 Å². The molecule has 0 aromatic carbocycles. The third-order valence-electron chi connectivity index (χ3n) is 3.36. The molecule has 3 N–H and O–H groups in total. The largest absolute Gasteiger partial charge is 0.462 e. The molecule has 1 aromatic rings. The number of nitrogens with two attached hydrogens (primary N) is 1. The lowest BCUT2D eigenvalue weighted by atomic mass is 9.94. The highest BCUT2D eigenvalue weighted by Gasteiger charge is 2.29. The monoisotopic (exact) mass is 284 g/mol. The van der Waals surface area contributed by atoms with E-state index in [9.17, 15) is 9.90 Å². The molecule has 2 rings (SSSR count). The van der Waals surface area contributed by atoms with Crippen molar-refractivity contribution in [2.45, 2.75) is 32.3 Å². The minimum atomic E-state index is -0.580. The van der Waals surface area contributed by atoms with E-state index in [1.807, 2.05) is 13.0 Å². The number of ether oxygens (including phenoxy) is 1. The summed E-state index contributed by atoms with van der Waals surface area (Å²) in [5.41, 5.74) is 5.75. The summed E-state index contributed by atoms with van der Waals surface area (Å²) in [6, 6.07) is 1.82. The first kappa shape index (κ1) is 14.1. The highest BCUT2D eigenvalue weighted by molar-refractivity contribution is 7.18. The van der Waals surface area contributed by atoms with Crippen molar-refractivity contribution >= 4 is 28.0 Å². The van der Waals surface area contributed by atoms with Gasteiger partial charge in [0.25, 0.3) is 0 Å². The lowest BCUT2D eigenvalue weighted by Crippen LogP contribution is -2.42. The molecule has 0 amide bonds. The quantitative estimate of drug-likeness (QED) is 0.829. The van der Waals surface area contributed by atoms with Crippen molar-refractivity contribution in [1.82, 2.24) is 0 Å². The second-order valence-corrected chi connectivity index (χ2v) is 6.10. The molecule has 1 aromatic heterocycles. The van der Waals surface area contributed by atoms with Gasteiger partial charge in [-0.2, -0.15) is 0 Å². The van der Waals surface area contributed by atoms with Gasteiger partial charge in [0.15, 0.2) is 0 Å². The van der Waals surface area contributed by atoms with E-state index in [1.165, 1.54) is 11.3 Å². The molecule has 0 atom stereocenters. The van der Waals surface area contributed by atoms with Crippen molar-refractivity contribution in [3.05, 3.63) is 10.9 Å². The molecule has 0 saturated carbocycles. The molecule has 0 spiro atoms. The van der Waals surface area contributed by atoms with Gasteiger partial charge in [0.1, 0.15) is 4.88 Å². The minimum absolute atomic E-state index is 0.345. The highest BCUT2D eigenvalue weighted by Crippen LogP contribution is 2.35. The van der Waals surface area contributed by atoms with Gasteiger partial charge in [0.2, 0.25) is 0 Å². The summed E-state index contributed by atoms with van der Waals surface area (Å²) in [5.74, 6) is -0.361. The maximum atomic E-state index is 11.7. The molecule has 0 radical (unpaired) electrons. The molecule has 106 valence electrons. The number of hydrogen-bond donors (Lipinski definition) is 2. The number of aliphatic hydroxyl groups is 1. The zero-order valence-electron chi connectivity index (χ0n) is 11.3. The lowest BCUT2D eigenvalue weighted by molar-refractivity contribution is 0.0352. The molecule has 1 aliphatic rings. The molecular weight excluding hydrogens is 264 g/mol. The number of thiophene rings is 1. The second-order valence-electron chi connectivity index (χ2n) is 5.07. The van der Waals surface area contributed by atoms with Crippen molar-refractivity contribution < 1.29 is 14.6 Å². The Balaban J connectivity index is 2.10. The number of carbonyl (C=O) groups is 1. The summed E-state index contributed by atoms with van der Waals surface area (Å²) in [5, 5.41) is 10.9. The molecule has 5 nitrogen and oxygen atoms in total. The van der Waals surface area contributed by atoms with Crippen molar-refractivity contribution in [1.29, 1.82) is 0 Å². The number of nitrogen functional groups attached to an aromatic ring is 1. The molecular formula is C13H20N2O3S. The summed E-state index contributed by atoms with van der Waals surface area (Å²) in [6.45, 7) is 5.52. The zero-order valence-corrected chi connectivity index (χ0v) is 12.1. The first-order valence-electron chi connectivity index (χ1n) is 6.47. The summed E-state index contributed by atoms with van der Waals surface area (Å²) in [6.07, 6.45) is 1.44. The SMILES string of the molecule is CCOC(=O)c1sc(N2CCC(C)(O)CC2)cc1N. The molecule has 1 saturated heterocycles. The van der Waals surface area contributed by atoms with Crippen LogP contribution in [-0.4, -0.2) is 36.4 Å². The van der Waals surface area contributed by atoms with E-state index >= 15 is 0 Å². The molecule has 1 aliphatic heterocycles. The van der Waals surface area contributed by atoms with Gasteiger partial charge in [-0.05, 0) is 32.8 Å². The number of rotatable bonds is 3. The minimum Gasteiger partial charge on any atom is -0.462 e. The zero-order chi connectivity index (χ0) is 14.0. The van der Waals surface area contributed by atoms with Crippen LogP contribution >= 0.6 is 11.3 Å². The standard InChI is InChI=1S/C13H20N2O3S/c1-3-18-12(16)11-9(14)8-10(19-11)15-6-4-13(2,17)5-7-15/h8,17H,3-7,14H2,1-2H3. The van der Waals surface area contributed by atoms with Crippen molar-refractivity contribution in [2.75, 3.05) is 30.3 Å². The predicted octanol–water partition coefficient (Wildman–Crippen LogP) is 1.86. The average Bonchev–Trinajstić information content (AvgIpc) is 2.71. The van der Waals surface area contributed by atoms with E-state index in [-0.39, 0.29) is 5.97 Å². The van der Waals surface area contributed by atoms with Crippen LogP contribution in [0.15, 0.2) is 6.07 Å². The third kappa shape index (κ3) is 3.19. The summed E-state index contributed by atoms with van der Waals surface area (Å²) in [4.78, 5) is 14.3. The first-order valence-corrected chi connectivity index (χ1v) is 7.28. The third-order valence-corrected chi connectivity index (χ3v) is 4.55. The maximum absolute atomic E-state index is 11.7. The van der Waals surface area contributed by atoms with Crippen LogP contribution in [0.4, 0.5) is 10.7 Å². The van der Waals surface area contributed by atoms with Gasteiger partial charge in [-0.3, -0.25) is 0 Å². The van der Waals surface area contributed by atoms with E-state index in [1.54, 1.807) is 6.92 Å². The average molecular weight is 284 g/mol. The van der Waals surface area contributed by atoms with Crippen molar-refractivity contribution in [3.8, 4) is 0 Å². The van der Waals surface area contributed by atoms with E-state index in [4.69, 9.17) is 10.5 Å². The fourth-order valence-corrected chi connectivity index (χ4v) is 3.14. The van der Waals surface area contributed by atoms with Crippen molar-refractivity contribution in [2.24, 2.45) is 0 Å². The van der Waals surface area contributed by atoms with Gasteiger partial charge < -0.3 is 20.5 Å². The van der Waals surface area contributed by atoms with Crippen LogP contribution in [0.3, 0.4) is 0 Å². The fraction of sp³-hybridized carbons (Fsp3) is 0.615. The Morgan fingerprint density at radius 3 is 2.79 bits per heavy atom. The number of carbonyl (C=O) groups excluding carboxylic acids is 1. The Hall–Kier alpha value is -1.27. The van der Waals surface area contributed by atoms with Crippen LogP contribution in [0.1, 0.15) is 36.4 Å². The van der Waals surface area contributed by atoms with Gasteiger partial charge in [0.05, 0.1) is 22.9 Å². The fourth-order valence-electron chi connectivity index (χ4n) is 2.11. The Morgan fingerprint density at radius 2 is 2.21 bits per heavy atom. The van der Waals surface area contributed by atoms with Crippen molar-refractivity contribution in [3.63, 3.8) is 0 Å². The van der Waals surface area contributed by atoms with Gasteiger partial charge in [0, 0.05) is 13.1 Å². The molecule has 1 fully saturated rings. The summed E-state index contributed by atoms with van der Waals surface area (Å²) in [7, 11) is 0. The van der Waals surface area contributed by atoms with Crippen LogP contribution in [-0.2, 0) is 4.74 Å². The molecule has 0 bridgehead atoms. The Bertz CT molecular complexity index is 460. The van der Waals surface area contributed by atoms with Crippen LogP contribution in [0, 0.1) is 0 Å². The Morgan fingerprint density at radius 1 is 1.58 bits per heavy atom. The molecule has 6 heteroatoms. The van der Waals surface area contributed by atoms with Gasteiger partial charge in [-0.1, -0.05) is 0 Å². The number of hydrogen-bond acceptors (Lipinski definition) is 6. The Kier molecular flexibility index (Phi) is 4.01. The second kappa shape index (κ2) is 5.38. The highest BCUT2D eigenvalue weighted by atomic mass is 32.1. The molecule has 0 unspecified atom stereocenters. The number of piperidine rings is 1. The van der Waals surface area contributed by atoms with Crippen LogP contribution in [0.25, 0.3) is 0 Å². The van der Waals surface area contributed by atoms with E-state index in [0.717, 1.165) is 30.9 Å². The van der Waals surface area contributed by atoms with Crippen LogP contribution in [0.2, 0.25) is 0 Å². The normalized spacial score (nSPS) is 18.4. The molecule has 0 aliphatic carbocycles. The maximum Gasteiger partial charge on any atom is 0.350 e. The van der Waals surface area contributed by atoms with Gasteiger partial charge in [-0.25, -0.2) is 4.79 Å². The van der Waals surface area contributed by atoms with Gasteiger partial charge >= 0.3 is 5.97 Å². The summed E-state index contributed by atoms with van der Waals surface area (Å²) < 4.78 is 4.98. The predicted molar refractivity (Wildman–Crippen MR) is 76.8 cm³/mol. The molecule has 2 heterocycles. The number of anilines is 2.